The van der Waals surface area contributed by atoms with Crippen molar-refractivity contribution in [1.82, 2.24) is 4.90 Å². The number of fused-ring (bicyclic) bond motifs is 1. The van der Waals surface area contributed by atoms with Gasteiger partial charge in [-0.1, -0.05) is 12.1 Å². The van der Waals surface area contributed by atoms with Gasteiger partial charge in [-0.05, 0) is 37.3 Å². The highest BCUT2D eigenvalue weighted by atomic mass is 16.6. The van der Waals surface area contributed by atoms with Crippen LogP contribution < -0.4 is 9.64 Å². The fourth-order valence-corrected chi connectivity index (χ4v) is 7.62. The van der Waals surface area contributed by atoms with Crippen LogP contribution in [-0.2, 0) is 24.5 Å². The van der Waals surface area contributed by atoms with E-state index in [0.717, 1.165) is 36.9 Å². The summed E-state index contributed by atoms with van der Waals surface area (Å²) in [7, 11) is 1.60. The molecule has 2 amide bonds. The SMILES string of the molecule is COc1cccc2c1N(C(C)=O)C1CCC34CCCN5C(=O)CC21C53OC(=O)C4. The third-order valence-electron chi connectivity index (χ3n) is 8.27. The minimum atomic E-state index is -0.999. The van der Waals surface area contributed by atoms with E-state index in [9.17, 15) is 14.4 Å². The predicted octanol–water partition coefficient (Wildman–Crippen LogP) is 2.12. The Labute approximate surface area is 168 Å². The number of rotatable bonds is 1. The number of para-hydroxylation sites is 1. The minimum Gasteiger partial charge on any atom is -0.495 e. The molecule has 4 aliphatic heterocycles. The van der Waals surface area contributed by atoms with Gasteiger partial charge in [0, 0.05) is 25.3 Å². The molecule has 4 fully saturated rings. The molecule has 29 heavy (non-hydrogen) atoms. The Bertz CT molecular complexity index is 991. The molecule has 2 spiro atoms. The van der Waals surface area contributed by atoms with Crippen molar-refractivity contribution in [2.24, 2.45) is 5.41 Å². The molecule has 152 valence electrons. The maximum Gasteiger partial charge on any atom is 0.308 e. The predicted molar refractivity (Wildman–Crippen MR) is 102 cm³/mol. The Kier molecular flexibility index (Phi) is 3.06. The summed E-state index contributed by atoms with van der Waals surface area (Å²) >= 11 is 0. The maximum atomic E-state index is 13.4. The Hall–Kier alpha value is -2.57. The maximum absolute atomic E-state index is 13.4. The van der Waals surface area contributed by atoms with Crippen molar-refractivity contribution < 1.29 is 23.9 Å². The zero-order chi connectivity index (χ0) is 20.2. The number of benzene rings is 1. The molecule has 0 aromatic heterocycles. The molecule has 4 heterocycles. The van der Waals surface area contributed by atoms with Crippen LogP contribution in [0.2, 0.25) is 0 Å². The van der Waals surface area contributed by atoms with E-state index in [1.54, 1.807) is 14.0 Å². The third-order valence-corrected chi connectivity index (χ3v) is 8.27. The summed E-state index contributed by atoms with van der Waals surface area (Å²) < 4.78 is 11.9. The van der Waals surface area contributed by atoms with Gasteiger partial charge in [-0.25, -0.2) is 0 Å². The van der Waals surface area contributed by atoms with E-state index >= 15 is 0 Å². The molecule has 0 N–H and O–H groups in total. The van der Waals surface area contributed by atoms with E-state index in [2.05, 4.69) is 0 Å². The van der Waals surface area contributed by atoms with Gasteiger partial charge in [0.05, 0.1) is 30.7 Å². The number of carbonyl (C=O) groups is 3. The van der Waals surface area contributed by atoms with Gasteiger partial charge in [-0.3, -0.25) is 14.4 Å². The Morgan fingerprint density at radius 3 is 2.83 bits per heavy atom. The molecular formula is C22H24N2O5. The molecule has 1 aromatic rings. The van der Waals surface area contributed by atoms with Gasteiger partial charge in [-0.2, -0.15) is 0 Å². The minimum absolute atomic E-state index is 0.0230. The van der Waals surface area contributed by atoms with Gasteiger partial charge in [-0.15, -0.1) is 0 Å². The average molecular weight is 396 g/mol. The Morgan fingerprint density at radius 1 is 1.24 bits per heavy atom. The highest BCUT2D eigenvalue weighted by Crippen LogP contribution is 2.74. The molecule has 1 aromatic carbocycles. The second-order valence-corrected chi connectivity index (χ2v) is 9.17. The van der Waals surface area contributed by atoms with E-state index in [4.69, 9.17) is 9.47 Å². The molecule has 0 bridgehead atoms. The number of nitrogens with zero attached hydrogens (tertiary/aromatic N) is 2. The molecule has 4 unspecified atom stereocenters. The lowest BCUT2D eigenvalue weighted by Crippen LogP contribution is -2.73. The summed E-state index contributed by atoms with van der Waals surface area (Å²) in [5.41, 5.74) is -0.474. The summed E-state index contributed by atoms with van der Waals surface area (Å²) in [5, 5.41) is 0. The van der Waals surface area contributed by atoms with Crippen LogP contribution in [0, 0.1) is 5.41 Å². The van der Waals surface area contributed by atoms with Crippen LogP contribution >= 0.6 is 0 Å². The van der Waals surface area contributed by atoms with E-state index in [1.807, 2.05) is 28.0 Å². The first kappa shape index (κ1) is 17.3. The highest BCUT2D eigenvalue weighted by molar-refractivity contribution is 6.00. The molecular weight excluding hydrogens is 372 g/mol. The summed E-state index contributed by atoms with van der Waals surface area (Å²) in [6.45, 7) is 2.16. The quantitative estimate of drug-likeness (QED) is 0.680. The summed E-state index contributed by atoms with van der Waals surface area (Å²) in [6.07, 6.45) is 3.88. The van der Waals surface area contributed by atoms with Gasteiger partial charge in [0.15, 0.2) is 0 Å². The second-order valence-electron chi connectivity index (χ2n) is 9.17. The van der Waals surface area contributed by atoms with Crippen LogP contribution in [0.5, 0.6) is 5.75 Å². The van der Waals surface area contributed by atoms with Gasteiger partial charge in [0.25, 0.3) is 0 Å². The van der Waals surface area contributed by atoms with Crippen molar-refractivity contribution in [2.45, 2.75) is 62.6 Å². The van der Waals surface area contributed by atoms with Crippen LogP contribution in [-0.4, -0.2) is 48.1 Å². The first-order chi connectivity index (χ1) is 13.9. The van der Waals surface area contributed by atoms with Crippen LogP contribution in [0.4, 0.5) is 5.69 Å². The molecule has 0 radical (unpaired) electrons. The number of ether oxygens (including phenoxy) is 2. The number of anilines is 1. The largest absolute Gasteiger partial charge is 0.495 e. The lowest BCUT2D eigenvalue weighted by atomic mass is 9.50. The molecule has 5 aliphatic rings. The summed E-state index contributed by atoms with van der Waals surface area (Å²) in [4.78, 5) is 42.7. The van der Waals surface area contributed by atoms with Crippen LogP contribution in [0.25, 0.3) is 0 Å². The first-order valence-electron chi connectivity index (χ1n) is 10.4. The second kappa shape index (κ2) is 5.12. The first-order valence-corrected chi connectivity index (χ1v) is 10.4. The Morgan fingerprint density at radius 2 is 2.07 bits per heavy atom. The van der Waals surface area contributed by atoms with Gasteiger partial charge >= 0.3 is 5.97 Å². The van der Waals surface area contributed by atoms with E-state index < -0.39 is 11.1 Å². The zero-order valence-corrected chi connectivity index (χ0v) is 16.7. The number of piperidine rings is 1. The fourth-order valence-electron chi connectivity index (χ4n) is 7.62. The molecule has 3 saturated heterocycles. The number of methoxy groups -OCH3 is 1. The zero-order valence-electron chi connectivity index (χ0n) is 16.7. The normalized spacial score (nSPS) is 38.9. The number of amides is 2. The van der Waals surface area contributed by atoms with Crippen molar-refractivity contribution in [1.29, 1.82) is 0 Å². The van der Waals surface area contributed by atoms with Crippen molar-refractivity contribution in [2.75, 3.05) is 18.6 Å². The molecule has 7 nitrogen and oxygen atoms in total. The number of esters is 1. The van der Waals surface area contributed by atoms with Crippen LogP contribution in [0.1, 0.15) is 51.0 Å². The van der Waals surface area contributed by atoms with Crippen molar-refractivity contribution in [3.05, 3.63) is 23.8 Å². The van der Waals surface area contributed by atoms with Crippen molar-refractivity contribution in [3.63, 3.8) is 0 Å². The monoisotopic (exact) mass is 396 g/mol. The van der Waals surface area contributed by atoms with Crippen LogP contribution in [0.3, 0.4) is 0 Å². The van der Waals surface area contributed by atoms with Gasteiger partial charge in [0.2, 0.25) is 17.5 Å². The number of hydrogen-bond donors (Lipinski definition) is 0. The molecule has 7 heteroatoms. The molecule has 1 saturated carbocycles. The van der Waals surface area contributed by atoms with Crippen molar-refractivity contribution in [3.8, 4) is 5.75 Å². The molecule has 6 rings (SSSR count). The van der Waals surface area contributed by atoms with Gasteiger partial charge < -0.3 is 19.3 Å². The van der Waals surface area contributed by atoms with E-state index in [1.165, 1.54) is 0 Å². The van der Waals surface area contributed by atoms with E-state index in [-0.39, 0.29) is 35.7 Å². The standard InChI is InChI=1S/C22H24N2O5/c1-13(25)24-16-7-9-20-8-4-10-23-17(26)11-21(16,22(20,23)29-18(27)12-20)14-5-3-6-15(28-2)19(14)24/h3,5-6,16H,4,7-12H2,1-2H3. The van der Waals surface area contributed by atoms with Crippen LogP contribution in [0.15, 0.2) is 18.2 Å². The smallest absolute Gasteiger partial charge is 0.308 e. The Balaban J connectivity index is 1.72. The van der Waals surface area contributed by atoms with E-state index in [0.29, 0.717) is 18.7 Å². The highest BCUT2D eigenvalue weighted by Gasteiger charge is 2.84. The fraction of sp³-hybridized carbons (Fsp3) is 0.591. The average Bonchev–Trinajstić information content (AvgIpc) is 3.25. The molecule has 4 atom stereocenters. The summed E-state index contributed by atoms with van der Waals surface area (Å²) in [6, 6.07) is 5.53. The number of hydrogen-bond acceptors (Lipinski definition) is 5. The third kappa shape index (κ3) is 1.60. The topological polar surface area (TPSA) is 76.2 Å². The van der Waals surface area contributed by atoms with Gasteiger partial charge in [0.1, 0.15) is 5.75 Å². The lowest BCUT2D eigenvalue weighted by molar-refractivity contribution is -0.229. The summed E-state index contributed by atoms with van der Waals surface area (Å²) in [5.74, 6) is 0.342. The van der Waals surface area contributed by atoms with Crippen molar-refractivity contribution >= 4 is 23.5 Å². The number of carbonyl (C=O) groups excluding carboxylic acids is 3. The molecule has 1 aliphatic carbocycles. The lowest BCUT2D eigenvalue weighted by Gasteiger charge is -2.60.